The number of aryl methyl sites for hydroxylation is 2. The summed E-state index contributed by atoms with van der Waals surface area (Å²) in [4.78, 5) is 2.13. The summed E-state index contributed by atoms with van der Waals surface area (Å²) in [5, 5.41) is 18.0. The Morgan fingerprint density at radius 1 is 0.905 bits per heavy atom. The Labute approximate surface area is 125 Å². The minimum absolute atomic E-state index is 0.147. The summed E-state index contributed by atoms with van der Waals surface area (Å²) >= 11 is 0. The second-order valence-corrected chi connectivity index (χ2v) is 5.23. The summed E-state index contributed by atoms with van der Waals surface area (Å²) in [5.41, 5.74) is 6.41. The van der Waals surface area contributed by atoms with Crippen LogP contribution in [0, 0.1) is 36.5 Å². The van der Waals surface area contributed by atoms with E-state index in [9.17, 15) is 0 Å². The van der Waals surface area contributed by atoms with Crippen LogP contribution < -0.4 is 4.90 Å². The quantitative estimate of drug-likeness (QED) is 0.719. The van der Waals surface area contributed by atoms with E-state index in [1.165, 1.54) is 11.1 Å². The average Bonchev–Trinajstić information content (AvgIpc) is 2.43. The molecule has 0 aromatic heterocycles. The number of benzene rings is 1. The van der Waals surface area contributed by atoms with Crippen LogP contribution in [0.15, 0.2) is 52.9 Å². The monoisotopic (exact) mass is 275 g/mol. The number of rotatable bonds is 1. The number of hydrogen-bond acceptors (Lipinski definition) is 3. The van der Waals surface area contributed by atoms with Gasteiger partial charge in [-0.15, -0.1) is 0 Å². The van der Waals surface area contributed by atoms with E-state index in [2.05, 4.69) is 36.9 Å². The van der Waals surface area contributed by atoms with Crippen molar-refractivity contribution in [2.24, 2.45) is 0 Å². The third-order valence-electron chi connectivity index (χ3n) is 3.70. The number of anilines is 1. The largest absolute Gasteiger partial charge is 0.318 e. The molecule has 3 heteroatoms. The first kappa shape index (κ1) is 14.6. The van der Waals surface area contributed by atoms with Gasteiger partial charge in [0.1, 0.15) is 17.7 Å². The fraction of sp³-hybridized carbons (Fsp3) is 0.222. The van der Waals surface area contributed by atoms with E-state index in [-0.39, 0.29) is 5.57 Å². The van der Waals surface area contributed by atoms with Crippen LogP contribution in [0.4, 0.5) is 5.69 Å². The van der Waals surface area contributed by atoms with E-state index >= 15 is 0 Å². The molecule has 21 heavy (non-hydrogen) atoms. The zero-order chi connectivity index (χ0) is 15.6. The van der Waals surface area contributed by atoms with Crippen molar-refractivity contribution in [1.82, 2.24) is 0 Å². The number of hydrogen-bond donors (Lipinski definition) is 0. The number of nitrogens with zero attached hydrogens (tertiary/aromatic N) is 3. The van der Waals surface area contributed by atoms with E-state index in [0.717, 1.165) is 17.1 Å². The third-order valence-corrected chi connectivity index (χ3v) is 3.70. The molecule has 1 heterocycles. The lowest BCUT2D eigenvalue weighted by Crippen LogP contribution is -2.21. The topological polar surface area (TPSA) is 50.8 Å². The van der Waals surface area contributed by atoms with Crippen molar-refractivity contribution in [2.45, 2.75) is 27.7 Å². The first-order chi connectivity index (χ1) is 9.97. The summed E-state index contributed by atoms with van der Waals surface area (Å²) in [6.07, 6.45) is 3.76. The number of nitriles is 2. The summed E-state index contributed by atoms with van der Waals surface area (Å²) in [6.45, 7) is 8.15. The fourth-order valence-electron chi connectivity index (χ4n) is 2.47. The molecule has 1 aromatic carbocycles. The summed E-state index contributed by atoms with van der Waals surface area (Å²) in [7, 11) is 0. The summed E-state index contributed by atoms with van der Waals surface area (Å²) < 4.78 is 0. The van der Waals surface area contributed by atoms with Crippen molar-refractivity contribution in [3.05, 3.63) is 64.0 Å². The van der Waals surface area contributed by atoms with Gasteiger partial charge in [-0.1, -0.05) is 6.07 Å². The Morgan fingerprint density at radius 3 is 1.95 bits per heavy atom. The van der Waals surface area contributed by atoms with Gasteiger partial charge in [0, 0.05) is 22.7 Å². The molecule has 0 N–H and O–H groups in total. The van der Waals surface area contributed by atoms with Crippen molar-refractivity contribution < 1.29 is 0 Å². The highest BCUT2D eigenvalue weighted by atomic mass is 15.2. The Balaban J connectivity index is 2.51. The molecule has 0 fully saturated rings. The molecule has 1 aliphatic heterocycles. The third kappa shape index (κ3) is 2.73. The van der Waals surface area contributed by atoms with Gasteiger partial charge in [-0.05, 0) is 63.1 Å². The first-order valence-electron chi connectivity index (χ1n) is 6.76. The molecule has 0 saturated heterocycles. The molecule has 0 aliphatic carbocycles. The van der Waals surface area contributed by atoms with Gasteiger partial charge in [-0.2, -0.15) is 10.5 Å². The summed E-state index contributed by atoms with van der Waals surface area (Å²) in [5.74, 6) is 0. The molecule has 0 bridgehead atoms. The second kappa shape index (κ2) is 5.69. The lowest BCUT2D eigenvalue weighted by atomic mass is 10.0. The molecular weight excluding hydrogens is 258 g/mol. The lowest BCUT2D eigenvalue weighted by Gasteiger charge is -2.30. The molecule has 2 rings (SSSR count). The standard InChI is InChI=1S/C18H17N3/c1-12-5-6-18(7-13(12)2)21-14(3)8-16(9-15(21)4)17(10-19)11-20/h5-9H,1-4H3. The maximum atomic E-state index is 9.00. The lowest BCUT2D eigenvalue weighted by molar-refractivity contribution is 1.03. The van der Waals surface area contributed by atoms with E-state index in [4.69, 9.17) is 10.5 Å². The van der Waals surface area contributed by atoms with Crippen LogP contribution in [0.1, 0.15) is 25.0 Å². The minimum Gasteiger partial charge on any atom is -0.318 e. The molecule has 0 amide bonds. The summed E-state index contributed by atoms with van der Waals surface area (Å²) in [6, 6.07) is 10.2. The second-order valence-electron chi connectivity index (χ2n) is 5.23. The predicted octanol–water partition coefficient (Wildman–Crippen LogP) is 4.27. The Kier molecular flexibility index (Phi) is 3.96. The first-order valence-corrected chi connectivity index (χ1v) is 6.76. The predicted molar refractivity (Wildman–Crippen MR) is 84.2 cm³/mol. The van der Waals surface area contributed by atoms with Gasteiger partial charge in [0.05, 0.1) is 0 Å². The van der Waals surface area contributed by atoms with Crippen LogP contribution in [-0.4, -0.2) is 0 Å². The van der Waals surface area contributed by atoms with E-state index in [0.29, 0.717) is 5.57 Å². The zero-order valence-corrected chi connectivity index (χ0v) is 12.7. The highest BCUT2D eigenvalue weighted by Crippen LogP contribution is 2.31. The normalized spacial score (nSPS) is 14.0. The van der Waals surface area contributed by atoms with Crippen molar-refractivity contribution in [1.29, 1.82) is 10.5 Å². The molecule has 3 nitrogen and oxygen atoms in total. The van der Waals surface area contributed by atoms with E-state index in [1.807, 2.05) is 38.1 Å². The maximum absolute atomic E-state index is 9.00. The Hall–Kier alpha value is -2.78. The zero-order valence-electron chi connectivity index (χ0n) is 12.7. The van der Waals surface area contributed by atoms with Gasteiger partial charge in [-0.25, -0.2) is 0 Å². The van der Waals surface area contributed by atoms with E-state index in [1.54, 1.807) is 0 Å². The highest BCUT2D eigenvalue weighted by molar-refractivity contribution is 5.65. The average molecular weight is 275 g/mol. The molecular formula is C18H17N3. The smallest absolute Gasteiger partial charge is 0.137 e. The van der Waals surface area contributed by atoms with E-state index < -0.39 is 0 Å². The molecule has 104 valence electrons. The number of allylic oxidation sites excluding steroid dienone is 6. The highest BCUT2D eigenvalue weighted by Gasteiger charge is 2.17. The van der Waals surface area contributed by atoms with Crippen molar-refractivity contribution in [3.63, 3.8) is 0 Å². The van der Waals surface area contributed by atoms with Gasteiger partial charge in [0.15, 0.2) is 0 Å². The van der Waals surface area contributed by atoms with Crippen molar-refractivity contribution in [3.8, 4) is 12.1 Å². The van der Waals surface area contributed by atoms with Gasteiger partial charge >= 0.3 is 0 Å². The van der Waals surface area contributed by atoms with Crippen LogP contribution in [0.5, 0.6) is 0 Å². The van der Waals surface area contributed by atoms with Crippen molar-refractivity contribution >= 4 is 5.69 Å². The van der Waals surface area contributed by atoms with Crippen LogP contribution >= 0.6 is 0 Å². The molecule has 0 spiro atoms. The minimum atomic E-state index is 0.147. The molecule has 1 aromatic rings. The Morgan fingerprint density at radius 2 is 1.48 bits per heavy atom. The van der Waals surface area contributed by atoms with Crippen LogP contribution in [0.2, 0.25) is 0 Å². The molecule has 0 radical (unpaired) electrons. The van der Waals surface area contributed by atoms with Gasteiger partial charge in [0.25, 0.3) is 0 Å². The maximum Gasteiger partial charge on any atom is 0.137 e. The molecule has 0 unspecified atom stereocenters. The van der Waals surface area contributed by atoms with Crippen LogP contribution in [0.3, 0.4) is 0 Å². The Bertz CT molecular complexity index is 727. The van der Waals surface area contributed by atoms with Gasteiger partial charge in [-0.3, -0.25) is 0 Å². The van der Waals surface area contributed by atoms with Crippen LogP contribution in [0.25, 0.3) is 0 Å². The molecule has 0 saturated carbocycles. The van der Waals surface area contributed by atoms with Crippen LogP contribution in [-0.2, 0) is 0 Å². The van der Waals surface area contributed by atoms with Gasteiger partial charge in [0.2, 0.25) is 0 Å². The SMILES string of the molecule is CC1=CC(=C(C#N)C#N)C=C(C)N1c1ccc(C)c(C)c1. The fourth-order valence-corrected chi connectivity index (χ4v) is 2.47. The van der Waals surface area contributed by atoms with Gasteiger partial charge < -0.3 is 4.90 Å². The van der Waals surface area contributed by atoms with Crippen molar-refractivity contribution in [2.75, 3.05) is 4.90 Å². The molecule has 1 aliphatic rings. The molecule has 0 atom stereocenters.